The molecule has 0 aliphatic heterocycles. The third kappa shape index (κ3) is 3.97. The van der Waals surface area contributed by atoms with E-state index in [-0.39, 0.29) is 5.91 Å². The average Bonchev–Trinajstić information content (AvgIpc) is 2.61. The zero-order chi connectivity index (χ0) is 16.7. The van der Waals surface area contributed by atoms with Gasteiger partial charge in [0.2, 0.25) is 0 Å². The predicted molar refractivity (Wildman–Crippen MR) is 89.9 cm³/mol. The van der Waals surface area contributed by atoms with E-state index in [1.807, 2.05) is 44.2 Å². The molecule has 0 aromatic heterocycles. The van der Waals surface area contributed by atoms with Crippen molar-refractivity contribution >= 4 is 12.2 Å². The second kappa shape index (κ2) is 8.13. The molecule has 2 aromatic carbocycles. The minimum Gasteiger partial charge on any atom is -0.488 e. The Balaban J connectivity index is 2.32. The van der Waals surface area contributed by atoms with Crippen LogP contribution in [0, 0.1) is 0 Å². The van der Waals surface area contributed by atoms with Gasteiger partial charge in [0.1, 0.15) is 12.4 Å². The van der Waals surface area contributed by atoms with Crippen molar-refractivity contribution in [3.8, 4) is 5.75 Å². The topological polar surface area (TPSA) is 46.6 Å². The van der Waals surface area contributed by atoms with Crippen molar-refractivity contribution in [2.24, 2.45) is 0 Å². The normalized spacial score (nSPS) is 10.2. The molecule has 120 valence electrons. The van der Waals surface area contributed by atoms with E-state index in [9.17, 15) is 9.59 Å². The summed E-state index contributed by atoms with van der Waals surface area (Å²) < 4.78 is 5.82. The Morgan fingerprint density at radius 2 is 1.74 bits per heavy atom. The SMILES string of the molecule is CCN(CC)C(=O)c1c(C=O)cccc1OCc1ccccc1. The van der Waals surface area contributed by atoms with Crippen LogP contribution in [0.5, 0.6) is 5.75 Å². The van der Waals surface area contributed by atoms with Gasteiger partial charge in [-0.25, -0.2) is 0 Å². The number of hydrogen-bond acceptors (Lipinski definition) is 3. The van der Waals surface area contributed by atoms with E-state index < -0.39 is 0 Å². The maximum Gasteiger partial charge on any atom is 0.258 e. The Hall–Kier alpha value is -2.62. The number of rotatable bonds is 7. The first-order chi connectivity index (χ1) is 11.2. The molecule has 1 amide bonds. The first-order valence-corrected chi connectivity index (χ1v) is 7.75. The number of nitrogens with zero attached hydrogens (tertiary/aromatic N) is 1. The number of hydrogen-bond donors (Lipinski definition) is 0. The Bertz CT molecular complexity index is 664. The molecule has 0 aliphatic carbocycles. The largest absolute Gasteiger partial charge is 0.488 e. The second-order valence-electron chi connectivity index (χ2n) is 5.09. The van der Waals surface area contributed by atoms with Crippen molar-refractivity contribution < 1.29 is 14.3 Å². The van der Waals surface area contributed by atoms with Gasteiger partial charge in [-0.1, -0.05) is 42.5 Å². The van der Waals surface area contributed by atoms with E-state index in [2.05, 4.69) is 0 Å². The lowest BCUT2D eigenvalue weighted by Gasteiger charge is -2.21. The van der Waals surface area contributed by atoms with Gasteiger partial charge in [0.25, 0.3) is 5.91 Å². The summed E-state index contributed by atoms with van der Waals surface area (Å²) in [5, 5.41) is 0. The maximum atomic E-state index is 12.7. The Labute approximate surface area is 136 Å². The first kappa shape index (κ1) is 16.7. The molecule has 0 N–H and O–H groups in total. The van der Waals surface area contributed by atoms with Gasteiger partial charge in [0, 0.05) is 18.7 Å². The highest BCUT2D eigenvalue weighted by molar-refractivity contribution is 6.03. The number of benzene rings is 2. The summed E-state index contributed by atoms with van der Waals surface area (Å²) in [6.07, 6.45) is 0.701. The van der Waals surface area contributed by atoms with Crippen molar-refractivity contribution in [1.82, 2.24) is 4.90 Å². The van der Waals surface area contributed by atoms with Crippen LogP contribution in [0.3, 0.4) is 0 Å². The van der Waals surface area contributed by atoms with E-state index in [0.29, 0.717) is 42.9 Å². The van der Waals surface area contributed by atoms with Crippen molar-refractivity contribution in [3.63, 3.8) is 0 Å². The van der Waals surface area contributed by atoms with Crippen molar-refractivity contribution in [2.75, 3.05) is 13.1 Å². The monoisotopic (exact) mass is 311 g/mol. The summed E-state index contributed by atoms with van der Waals surface area (Å²) in [5.41, 5.74) is 1.69. The lowest BCUT2D eigenvalue weighted by molar-refractivity contribution is 0.0765. The summed E-state index contributed by atoms with van der Waals surface area (Å²) in [6.45, 7) is 5.34. The molecule has 0 radical (unpaired) electrons. The molecule has 0 saturated heterocycles. The highest BCUT2D eigenvalue weighted by Gasteiger charge is 2.21. The lowest BCUT2D eigenvalue weighted by atomic mass is 10.1. The minimum atomic E-state index is -0.180. The summed E-state index contributed by atoms with van der Waals surface area (Å²) in [6, 6.07) is 14.8. The average molecular weight is 311 g/mol. The molecule has 0 heterocycles. The zero-order valence-corrected chi connectivity index (χ0v) is 13.5. The highest BCUT2D eigenvalue weighted by Crippen LogP contribution is 2.24. The van der Waals surface area contributed by atoms with E-state index >= 15 is 0 Å². The van der Waals surface area contributed by atoms with Crippen LogP contribution in [0.4, 0.5) is 0 Å². The molecule has 4 nitrogen and oxygen atoms in total. The van der Waals surface area contributed by atoms with Gasteiger partial charge in [-0.05, 0) is 25.5 Å². The molecule has 23 heavy (non-hydrogen) atoms. The van der Waals surface area contributed by atoms with E-state index in [4.69, 9.17) is 4.74 Å². The molecule has 0 atom stereocenters. The molecule has 0 spiro atoms. The standard InChI is InChI=1S/C19H21NO3/c1-3-20(4-2)19(22)18-16(13-21)11-8-12-17(18)23-14-15-9-6-5-7-10-15/h5-13H,3-4,14H2,1-2H3. The Morgan fingerprint density at radius 1 is 1.04 bits per heavy atom. The van der Waals surface area contributed by atoms with Crippen LogP contribution >= 0.6 is 0 Å². The van der Waals surface area contributed by atoms with Gasteiger partial charge < -0.3 is 9.64 Å². The molecule has 4 heteroatoms. The lowest BCUT2D eigenvalue weighted by Crippen LogP contribution is -2.31. The van der Waals surface area contributed by atoms with Gasteiger partial charge >= 0.3 is 0 Å². The summed E-state index contributed by atoms with van der Waals surface area (Å²) in [7, 11) is 0. The molecule has 0 unspecified atom stereocenters. The van der Waals surface area contributed by atoms with Gasteiger partial charge in [0.15, 0.2) is 6.29 Å². The fraction of sp³-hybridized carbons (Fsp3) is 0.263. The Morgan fingerprint density at radius 3 is 2.35 bits per heavy atom. The van der Waals surface area contributed by atoms with Gasteiger partial charge in [-0.2, -0.15) is 0 Å². The molecule has 0 aliphatic rings. The highest BCUT2D eigenvalue weighted by atomic mass is 16.5. The van der Waals surface area contributed by atoms with E-state index in [1.165, 1.54) is 0 Å². The van der Waals surface area contributed by atoms with E-state index in [0.717, 1.165) is 5.56 Å². The molecular weight excluding hydrogens is 290 g/mol. The van der Waals surface area contributed by atoms with Crippen LogP contribution in [-0.4, -0.2) is 30.2 Å². The van der Waals surface area contributed by atoms with E-state index in [1.54, 1.807) is 23.1 Å². The maximum absolute atomic E-state index is 12.7. The van der Waals surface area contributed by atoms with Crippen molar-refractivity contribution in [3.05, 3.63) is 65.2 Å². The van der Waals surface area contributed by atoms with Crippen LogP contribution in [0.25, 0.3) is 0 Å². The van der Waals surface area contributed by atoms with Gasteiger partial charge in [-0.15, -0.1) is 0 Å². The van der Waals surface area contributed by atoms with Crippen molar-refractivity contribution in [2.45, 2.75) is 20.5 Å². The molecule has 2 rings (SSSR count). The van der Waals surface area contributed by atoms with Crippen LogP contribution in [-0.2, 0) is 6.61 Å². The molecule has 0 saturated carbocycles. The van der Waals surface area contributed by atoms with Crippen LogP contribution in [0.2, 0.25) is 0 Å². The fourth-order valence-corrected chi connectivity index (χ4v) is 2.40. The number of carbonyl (C=O) groups excluding carboxylic acids is 2. The third-order valence-corrected chi connectivity index (χ3v) is 3.69. The Kier molecular flexibility index (Phi) is 5.92. The molecule has 0 fully saturated rings. The predicted octanol–water partition coefficient (Wildman–Crippen LogP) is 3.56. The quantitative estimate of drug-likeness (QED) is 0.735. The molecular formula is C19H21NO3. The zero-order valence-electron chi connectivity index (χ0n) is 13.5. The summed E-state index contributed by atoms with van der Waals surface area (Å²) in [5.74, 6) is 0.260. The first-order valence-electron chi connectivity index (χ1n) is 7.75. The third-order valence-electron chi connectivity index (χ3n) is 3.69. The van der Waals surface area contributed by atoms with Crippen LogP contribution in [0.1, 0.15) is 40.1 Å². The van der Waals surface area contributed by atoms with Crippen LogP contribution in [0.15, 0.2) is 48.5 Å². The fourth-order valence-electron chi connectivity index (χ4n) is 2.40. The molecule has 0 bridgehead atoms. The number of amides is 1. The van der Waals surface area contributed by atoms with Gasteiger partial charge in [-0.3, -0.25) is 9.59 Å². The second-order valence-corrected chi connectivity index (χ2v) is 5.09. The molecule has 2 aromatic rings. The summed E-state index contributed by atoms with van der Waals surface area (Å²) in [4.78, 5) is 25.7. The smallest absolute Gasteiger partial charge is 0.258 e. The summed E-state index contributed by atoms with van der Waals surface area (Å²) >= 11 is 0. The van der Waals surface area contributed by atoms with Crippen molar-refractivity contribution in [1.29, 1.82) is 0 Å². The number of ether oxygens (including phenoxy) is 1. The minimum absolute atomic E-state index is 0.180. The van der Waals surface area contributed by atoms with Gasteiger partial charge in [0.05, 0.1) is 5.56 Å². The van der Waals surface area contributed by atoms with Crippen LogP contribution < -0.4 is 4.74 Å². The number of carbonyl (C=O) groups is 2. The number of aldehydes is 1.